The van der Waals surface area contributed by atoms with Gasteiger partial charge in [-0.25, -0.2) is 18.0 Å². The summed E-state index contributed by atoms with van der Waals surface area (Å²) < 4.78 is 43.5. The molecule has 1 heterocycles. The normalized spacial score (nSPS) is 18.8. The van der Waals surface area contributed by atoms with Crippen molar-refractivity contribution in [3.63, 3.8) is 0 Å². The maximum Gasteiger partial charge on any atom is 0.347 e. The van der Waals surface area contributed by atoms with Crippen LogP contribution in [0.4, 0.5) is 5.69 Å². The van der Waals surface area contributed by atoms with Gasteiger partial charge in [-0.1, -0.05) is 17.7 Å². The molecular formula is C20H21NO7S. The van der Waals surface area contributed by atoms with Crippen LogP contribution in [0.3, 0.4) is 0 Å². The number of esters is 2. The molecule has 1 aliphatic heterocycles. The molecule has 154 valence electrons. The van der Waals surface area contributed by atoms with E-state index in [1.165, 1.54) is 19.2 Å². The maximum atomic E-state index is 12.9. The highest BCUT2D eigenvalue weighted by molar-refractivity contribution is 7.92. The van der Waals surface area contributed by atoms with Gasteiger partial charge in [0.2, 0.25) is 6.10 Å². The third-order valence-electron chi connectivity index (χ3n) is 4.37. The molecule has 0 radical (unpaired) electrons. The second kappa shape index (κ2) is 8.12. The van der Waals surface area contributed by atoms with Crippen LogP contribution in [0.15, 0.2) is 47.4 Å². The Morgan fingerprint density at radius 2 is 1.86 bits per heavy atom. The second-order valence-corrected chi connectivity index (χ2v) is 8.37. The van der Waals surface area contributed by atoms with Crippen molar-refractivity contribution in [3.05, 3.63) is 53.6 Å². The third-order valence-corrected chi connectivity index (χ3v) is 5.77. The second-order valence-electron chi connectivity index (χ2n) is 6.71. The number of rotatable bonds is 6. The van der Waals surface area contributed by atoms with E-state index in [1.807, 2.05) is 6.92 Å². The Labute approximate surface area is 168 Å². The van der Waals surface area contributed by atoms with E-state index in [9.17, 15) is 18.0 Å². The Morgan fingerprint density at radius 1 is 1.17 bits per heavy atom. The predicted octanol–water partition coefficient (Wildman–Crippen LogP) is 2.67. The average molecular weight is 419 g/mol. The molecule has 1 N–H and O–H groups in total. The Kier molecular flexibility index (Phi) is 5.78. The molecule has 9 heteroatoms. The minimum atomic E-state index is -4.05. The number of hydrogen-bond acceptors (Lipinski definition) is 7. The summed E-state index contributed by atoms with van der Waals surface area (Å²) in [4.78, 5) is 23.9. The van der Waals surface area contributed by atoms with E-state index in [2.05, 4.69) is 4.72 Å². The van der Waals surface area contributed by atoms with Gasteiger partial charge in [0.15, 0.2) is 0 Å². The summed E-state index contributed by atoms with van der Waals surface area (Å²) >= 11 is 0. The number of carbonyl (C=O) groups excluding carboxylic acids is 2. The predicted molar refractivity (Wildman–Crippen MR) is 104 cm³/mol. The van der Waals surface area contributed by atoms with Crippen LogP contribution in [0.1, 0.15) is 29.3 Å². The van der Waals surface area contributed by atoms with E-state index in [1.54, 1.807) is 31.2 Å². The van der Waals surface area contributed by atoms with Crippen LogP contribution in [-0.4, -0.2) is 39.7 Å². The molecule has 2 atom stereocenters. The smallest absolute Gasteiger partial charge is 0.347 e. The highest BCUT2D eigenvalue weighted by Gasteiger charge is 2.35. The zero-order chi connectivity index (χ0) is 21.2. The fourth-order valence-corrected chi connectivity index (χ4v) is 4.11. The molecule has 1 fully saturated rings. The van der Waals surface area contributed by atoms with Crippen molar-refractivity contribution in [2.75, 3.05) is 11.8 Å². The minimum Gasteiger partial charge on any atom is -0.495 e. The quantitative estimate of drug-likeness (QED) is 0.717. The van der Waals surface area contributed by atoms with Crippen LogP contribution >= 0.6 is 0 Å². The lowest BCUT2D eigenvalue weighted by molar-refractivity contribution is -0.147. The van der Waals surface area contributed by atoms with Crippen LogP contribution < -0.4 is 9.46 Å². The van der Waals surface area contributed by atoms with Crippen molar-refractivity contribution in [2.45, 2.75) is 37.4 Å². The molecule has 3 rings (SSSR count). The molecular weight excluding hydrogens is 398 g/mol. The van der Waals surface area contributed by atoms with E-state index in [0.717, 1.165) is 11.6 Å². The fraction of sp³-hybridized carbons (Fsp3) is 0.300. The Hall–Kier alpha value is -3.07. The summed E-state index contributed by atoms with van der Waals surface area (Å²) in [5.74, 6) is -1.38. The van der Waals surface area contributed by atoms with Gasteiger partial charge >= 0.3 is 11.9 Å². The first kappa shape index (κ1) is 20.7. The summed E-state index contributed by atoms with van der Waals surface area (Å²) in [5, 5.41) is 0. The van der Waals surface area contributed by atoms with Gasteiger partial charge < -0.3 is 14.2 Å². The van der Waals surface area contributed by atoms with Crippen molar-refractivity contribution in [2.24, 2.45) is 0 Å². The van der Waals surface area contributed by atoms with Gasteiger partial charge in [0.25, 0.3) is 10.0 Å². The number of aryl methyl sites for hydroxylation is 1. The van der Waals surface area contributed by atoms with Crippen LogP contribution in [0.25, 0.3) is 0 Å². The molecule has 0 aromatic heterocycles. The van der Waals surface area contributed by atoms with E-state index < -0.39 is 28.1 Å². The number of benzene rings is 2. The summed E-state index contributed by atoms with van der Waals surface area (Å²) in [6, 6.07) is 10.7. The molecule has 1 aliphatic rings. The Balaban J connectivity index is 1.87. The number of methoxy groups -OCH3 is 1. The summed E-state index contributed by atoms with van der Waals surface area (Å²) in [5.41, 5.74) is 1.32. The topological polar surface area (TPSA) is 108 Å². The highest BCUT2D eigenvalue weighted by atomic mass is 32.2. The van der Waals surface area contributed by atoms with Gasteiger partial charge in [0.1, 0.15) is 16.7 Å². The van der Waals surface area contributed by atoms with E-state index in [4.69, 9.17) is 14.2 Å². The summed E-state index contributed by atoms with van der Waals surface area (Å²) in [6.45, 7) is 3.58. The molecule has 29 heavy (non-hydrogen) atoms. The van der Waals surface area contributed by atoms with E-state index >= 15 is 0 Å². The fourth-order valence-electron chi connectivity index (χ4n) is 2.86. The van der Waals surface area contributed by atoms with Crippen molar-refractivity contribution in [3.8, 4) is 5.75 Å². The molecule has 0 spiro atoms. The number of cyclic esters (lactones) is 1. The molecule has 0 amide bonds. The van der Waals surface area contributed by atoms with E-state index in [-0.39, 0.29) is 28.7 Å². The van der Waals surface area contributed by atoms with Crippen molar-refractivity contribution in [1.82, 2.24) is 0 Å². The molecule has 0 saturated carbocycles. The number of anilines is 1. The first-order valence-electron chi connectivity index (χ1n) is 8.88. The maximum absolute atomic E-state index is 12.9. The van der Waals surface area contributed by atoms with Crippen molar-refractivity contribution in [1.29, 1.82) is 0 Å². The molecule has 2 aromatic carbocycles. The van der Waals surface area contributed by atoms with Crippen LogP contribution in [0, 0.1) is 6.92 Å². The van der Waals surface area contributed by atoms with E-state index in [0.29, 0.717) is 5.69 Å². The Bertz CT molecular complexity index is 1030. The molecule has 2 unspecified atom stereocenters. The lowest BCUT2D eigenvalue weighted by Crippen LogP contribution is -2.23. The van der Waals surface area contributed by atoms with Gasteiger partial charge in [-0.05, 0) is 44.2 Å². The Morgan fingerprint density at radius 3 is 2.45 bits per heavy atom. The van der Waals surface area contributed by atoms with Crippen molar-refractivity contribution < 1.29 is 32.2 Å². The molecule has 0 aliphatic carbocycles. The van der Waals surface area contributed by atoms with Gasteiger partial charge in [-0.3, -0.25) is 4.72 Å². The van der Waals surface area contributed by atoms with Crippen LogP contribution in [0.5, 0.6) is 5.75 Å². The molecule has 2 aromatic rings. The molecule has 8 nitrogen and oxygen atoms in total. The summed E-state index contributed by atoms with van der Waals surface area (Å²) in [7, 11) is -2.72. The number of sulfonamides is 1. The zero-order valence-electron chi connectivity index (χ0n) is 16.2. The number of hydrogen-bond donors (Lipinski definition) is 1. The van der Waals surface area contributed by atoms with Crippen molar-refractivity contribution >= 4 is 27.6 Å². The standard InChI is InChI=1S/C20H21NO7S/c1-12-4-7-15(8-5-12)21-29(24,25)18-11-14(6-9-16(18)26-3)19(22)28-17-10-13(2)27-20(17)23/h4-9,11,13,17,21H,10H2,1-3H3. The molecule has 0 bridgehead atoms. The average Bonchev–Trinajstić information content (AvgIpc) is 2.99. The lowest BCUT2D eigenvalue weighted by atomic mass is 10.2. The van der Waals surface area contributed by atoms with Crippen LogP contribution in [-0.2, 0) is 24.3 Å². The largest absolute Gasteiger partial charge is 0.495 e. The first-order chi connectivity index (χ1) is 13.7. The SMILES string of the molecule is COc1ccc(C(=O)OC2CC(C)OC2=O)cc1S(=O)(=O)Nc1ccc(C)cc1. The van der Waals surface area contributed by atoms with Gasteiger partial charge in [-0.2, -0.15) is 0 Å². The van der Waals surface area contributed by atoms with Crippen LogP contribution in [0.2, 0.25) is 0 Å². The lowest BCUT2D eigenvalue weighted by Gasteiger charge is -2.14. The number of carbonyl (C=O) groups is 2. The zero-order valence-corrected chi connectivity index (χ0v) is 17.0. The van der Waals surface area contributed by atoms with Gasteiger partial charge in [0, 0.05) is 12.1 Å². The highest BCUT2D eigenvalue weighted by Crippen LogP contribution is 2.28. The summed E-state index contributed by atoms with van der Waals surface area (Å²) in [6.07, 6.45) is -1.10. The van der Waals surface area contributed by atoms with Gasteiger partial charge in [-0.15, -0.1) is 0 Å². The first-order valence-corrected chi connectivity index (χ1v) is 10.4. The minimum absolute atomic E-state index is 0.0255. The monoisotopic (exact) mass is 419 g/mol. The molecule has 1 saturated heterocycles. The third kappa shape index (κ3) is 4.68. The number of nitrogens with one attached hydrogen (secondary N) is 1. The number of ether oxygens (including phenoxy) is 3. The van der Waals surface area contributed by atoms with Gasteiger partial charge in [0.05, 0.1) is 12.7 Å².